The van der Waals surface area contributed by atoms with Crippen molar-refractivity contribution in [2.75, 3.05) is 0 Å². The second kappa shape index (κ2) is 7.06. The molecule has 2 heterocycles. The van der Waals surface area contributed by atoms with Gasteiger partial charge in [-0.1, -0.05) is 30.3 Å². The summed E-state index contributed by atoms with van der Waals surface area (Å²) >= 11 is 0. The first-order chi connectivity index (χ1) is 12.4. The van der Waals surface area contributed by atoms with E-state index in [-0.39, 0.29) is 0 Å². The molecule has 1 aliphatic carbocycles. The summed E-state index contributed by atoms with van der Waals surface area (Å²) in [4.78, 5) is 4.15. The van der Waals surface area contributed by atoms with Gasteiger partial charge in [0.2, 0.25) is 0 Å². The van der Waals surface area contributed by atoms with Crippen molar-refractivity contribution < 1.29 is 0 Å². The minimum atomic E-state index is 0.831. The number of aromatic nitrogens is 3. The molecule has 0 unspecified atom stereocenters. The summed E-state index contributed by atoms with van der Waals surface area (Å²) in [7, 11) is 0. The molecule has 0 fully saturated rings. The third-order valence-electron chi connectivity index (χ3n) is 5.01. The monoisotopic (exact) mass is 329 g/mol. The van der Waals surface area contributed by atoms with Gasteiger partial charge in [-0.3, -0.25) is 9.67 Å². The summed E-state index contributed by atoms with van der Waals surface area (Å²) in [6.07, 6.45) is 11.3. The van der Waals surface area contributed by atoms with E-state index in [9.17, 15) is 0 Å². The van der Waals surface area contributed by atoms with Crippen LogP contribution in [0.5, 0.6) is 0 Å². The molecular formula is C22H23N3. The molecule has 3 aromatic rings. The predicted molar refractivity (Wildman–Crippen MR) is 102 cm³/mol. The van der Waals surface area contributed by atoms with E-state index in [1.807, 2.05) is 18.5 Å². The van der Waals surface area contributed by atoms with E-state index >= 15 is 0 Å². The number of nitrogens with zero attached hydrogens (tertiary/aromatic N) is 3. The van der Waals surface area contributed by atoms with Crippen molar-refractivity contribution in [1.29, 1.82) is 0 Å². The fraction of sp³-hybridized carbons (Fsp3) is 0.273. The SMILES string of the molecule is C=CCc1ccccc1Cn1nc(-c2ccncc2)c2c1CCCC2. The lowest BCUT2D eigenvalue weighted by molar-refractivity contribution is 0.594. The summed E-state index contributed by atoms with van der Waals surface area (Å²) in [5.41, 5.74) is 7.82. The van der Waals surface area contributed by atoms with Crippen molar-refractivity contribution in [1.82, 2.24) is 14.8 Å². The molecule has 4 rings (SSSR count). The van der Waals surface area contributed by atoms with Gasteiger partial charge in [-0.05, 0) is 55.4 Å². The number of hydrogen-bond donors (Lipinski definition) is 0. The highest BCUT2D eigenvalue weighted by atomic mass is 15.3. The number of hydrogen-bond acceptors (Lipinski definition) is 2. The van der Waals surface area contributed by atoms with Gasteiger partial charge in [0, 0.05) is 29.2 Å². The first kappa shape index (κ1) is 15.8. The second-order valence-corrected chi connectivity index (χ2v) is 6.64. The van der Waals surface area contributed by atoms with E-state index in [2.05, 4.69) is 52.6 Å². The smallest absolute Gasteiger partial charge is 0.0959 e. The molecule has 0 atom stereocenters. The van der Waals surface area contributed by atoms with Gasteiger partial charge < -0.3 is 0 Å². The Bertz CT molecular complexity index is 878. The molecule has 2 aromatic heterocycles. The van der Waals surface area contributed by atoms with Crippen molar-refractivity contribution >= 4 is 0 Å². The van der Waals surface area contributed by atoms with E-state index in [1.54, 1.807) is 0 Å². The van der Waals surface area contributed by atoms with Crippen molar-refractivity contribution in [3.63, 3.8) is 0 Å². The van der Waals surface area contributed by atoms with E-state index in [0.717, 1.165) is 31.5 Å². The largest absolute Gasteiger partial charge is 0.265 e. The van der Waals surface area contributed by atoms with Crippen LogP contribution in [-0.4, -0.2) is 14.8 Å². The number of allylic oxidation sites excluding steroid dienone is 1. The highest BCUT2D eigenvalue weighted by Gasteiger charge is 2.22. The van der Waals surface area contributed by atoms with Crippen LogP contribution >= 0.6 is 0 Å². The van der Waals surface area contributed by atoms with Gasteiger partial charge in [-0.15, -0.1) is 6.58 Å². The molecule has 0 spiro atoms. The Labute approximate surface area is 149 Å². The maximum absolute atomic E-state index is 5.02. The molecule has 0 aliphatic heterocycles. The van der Waals surface area contributed by atoms with Crippen LogP contribution in [0.25, 0.3) is 11.3 Å². The van der Waals surface area contributed by atoms with E-state index in [1.165, 1.54) is 40.8 Å². The molecule has 0 radical (unpaired) electrons. The van der Waals surface area contributed by atoms with Crippen molar-refractivity contribution in [2.45, 2.75) is 38.6 Å². The van der Waals surface area contributed by atoms with E-state index in [0.29, 0.717) is 0 Å². The second-order valence-electron chi connectivity index (χ2n) is 6.64. The molecule has 126 valence electrons. The van der Waals surface area contributed by atoms with Crippen molar-refractivity contribution in [2.24, 2.45) is 0 Å². The number of rotatable bonds is 5. The van der Waals surface area contributed by atoms with Crippen LogP contribution in [0.2, 0.25) is 0 Å². The molecule has 0 N–H and O–H groups in total. The minimum absolute atomic E-state index is 0.831. The summed E-state index contributed by atoms with van der Waals surface area (Å²) in [6, 6.07) is 12.7. The third kappa shape index (κ3) is 3.14. The zero-order valence-electron chi connectivity index (χ0n) is 14.5. The van der Waals surface area contributed by atoms with Gasteiger partial charge in [-0.25, -0.2) is 0 Å². The maximum atomic E-state index is 5.02. The van der Waals surface area contributed by atoms with Crippen LogP contribution in [0.4, 0.5) is 0 Å². The van der Waals surface area contributed by atoms with Crippen LogP contribution in [-0.2, 0) is 25.8 Å². The normalized spacial score (nSPS) is 13.4. The van der Waals surface area contributed by atoms with Crippen molar-refractivity contribution in [3.05, 3.63) is 83.8 Å². The molecule has 0 saturated heterocycles. The maximum Gasteiger partial charge on any atom is 0.0959 e. The quantitative estimate of drug-likeness (QED) is 0.640. The lowest BCUT2D eigenvalue weighted by Gasteiger charge is -2.15. The average molecular weight is 329 g/mol. The summed E-state index contributed by atoms with van der Waals surface area (Å²) in [5, 5.41) is 5.02. The zero-order chi connectivity index (χ0) is 17.1. The van der Waals surface area contributed by atoms with Crippen LogP contribution in [0.15, 0.2) is 61.4 Å². The Hall–Kier alpha value is -2.68. The Balaban J connectivity index is 1.76. The van der Waals surface area contributed by atoms with Crippen LogP contribution < -0.4 is 0 Å². The molecule has 1 aromatic carbocycles. The van der Waals surface area contributed by atoms with Crippen LogP contribution in [0.3, 0.4) is 0 Å². The lowest BCUT2D eigenvalue weighted by atomic mass is 9.93. The Morgan fingerprint density at radius 1 is 1.00 bits per heavy atom. The highest BCUT2D eigenvalue weighted by Crippen LogP contribution is 2.31. The van der Waals surface area contributed by atoms with Gasteiger partial charge >= 0.3 is 0 Å². The number of fused-ring (bicyclic) bond motifs is 1. The standard InChI is InChI=1S/C22H23N3/c1-2-7-17-8-3-4-9-19(17)16-25-21-11-6-5-10-20(21)22(24-25)18-12-14-23-15-13-18/h2-4,8-9,12-15H,1,5-7,10-11,16H2. The number of benzene rings is 1. The Morgan fingerprint density at radius 3 is 2.56 bits per heavy atom. The lowest BCUT2D eigenvalue weighted by Crippen LogP contribution is -2.11. The molecule has 3 heteroatoms. The topological polar surface area (TPSA) is 30.7 Å². The fourth-order valence-corrected chi connectivity index (χ4v) is 3.77. The molecule has 3 nitrogen and oxygen atoms in total. The van der Waals surface area contributed by atoms with Gasteiger partial charge in [0.05, 0.1) is 12.2 Å². The highest BCUT2D eigenvalue weighted by molar-refractivity contribution is 5.64. The molecule has 0 saturated carbocycles. The Morgan fingerprint density at radius 2 is 1.76 bits per heavy atom. The van der Waals surface area contributed by atoms with E-state index < -0.39 is 0 Å². The molecule has 0 bridgehead atoms. The summed E-state index contributed by atoms with van der Waals surface area (Å²) in [6.45, 7) is 4.72. The summed E-state index contributed by atoms with van der Waals surface area (Å²) in [5.74, 6) is 0. The molecule has 25 heavy (non-hydrogen) atoms. The van der Waals surface area contributed by atoms with Gasteiger partial charge in [0.25, 0.3) is 0 Å². The first-order valence-corrected chi connectivity index (χ1v) is 9.03. The summed E-state index contributed by atoms with van der Waals surface area (Å²) < 4.78 is 2.23. The van der Waals surface area contributed by atoms with Crippen molar-refractivity contribution in [3.8, 4) is 11.3 Å². The van der Waals surface area contributed by atoms with Gasteiger partial charge in [-0.2, -0.15) is 5.10 Å². The third-order valence-corrected chi connectivity index (χ3v) is 5.01. The van der Waals surface area contributed by atoms with Gasteiger partial charge in [0.15, 0.2) is 0 Å². The molecule has 1 aliphatic rings. The first-order valence-electron chi connectivity index (χ1n) is 9.03. The Kier molecular flexibility index (Phi) is 4.47. The van der Waals surface area contributed by atoms with E-state index in [4.69, 9.17) is 5.10 Å². The molecular weight excluding hydrogens is 306 g/mol. The average Bonchev–Trinajstić information content (AvgIpc) is 3.03. The predicted octanol–water partition coefficient (Wildman–Crippen LogP) is 4.60. The number of pyridine rings is 1. The van der Waals surface area contributed by atoms with Crippen LogP contribution in [0.1, 0.15) is 35.2 Å². The molecule has 0 amide bonds. The van der Waals surface area contributed by atoms with Gasteiger partial charge in [0.1, 0.15) is 0 Å². The minimum Gasteiger partial charge on any atom is -0.265 e. The fourth-order valence-electron chi connectivity index (χ4n) is 3.77. The zero-order valence-corrected chi connectivity index (χ0v) is 14.5. The van der Waals surface area contributed by atoms with Crippen LogP contribution in [0, 0.1) is 0 Å².